The molecule has 2 amide bonds. The fraction of sp³-hybridized carbons (Fsp3) is 0.424. The second-order valence-electron chi connectivity index (χ2n) is 13.8. The molecule has 0 saturated carbocycles. The lowest BCUT2D eigenvalue weighted by Gasteiger charge is -2.37. The topological polar surface area (TPSA) is 111 Å². The molecular weight excluding hydrogens is 622 g/mol. The first kappa shape index (κ1) is 32.8. The van der Waals surface area contributed by atoms with E-state index in [1.54, 1.807) is 64.2 Å². The van der Waals surface area contributed by atoms with Crippen molar-refractivity contribution in [2.75, 3.05) is 10.6 Å². The van der Waals surface area contributed by atoms with Gasteiger partial charge < -0.3 is 30.0 Å². The summed E-state index contributed by atoms with van der Waals surface area (Å²) in [6.07, 6.45) is -0.420. The zero-order chi connectivity index (χ0) is 33.1. The SMILES string of the molecule is Cn1c(NC(=O)[C@@H]2N[C@@H](CC(C)(C)C)[C@@]3(C(=O)Nc4cc(Cl)ccc43)[C@H]2c2cccc(Cl)c2F)ccc1OC(=O)OC(C)(C)C. The van der Waals surface area contributed by atoms with Crippen LogP contribution in [0.3, 0.4) is 0 Å². The summed E-state index contributed by atoms with van der Waals surface area (Å²) >= 11 is 12.6. The molecular formula is C33H37Cl2FN4O5. The van der Waals surface area contributed by atoms with Crippen LogP contribution >= 0.6 is 23.2 Å². The van der Waals surface area contributed by atoms with Gasteiger partial charge in [-0.1, -0.05) is 62.2 Å². The Kier molecular flexibility index (Phi) is 8.48. The van der Waals surface area contributed by atoms with E-state index < -0.39 is 46.9 Å². The lowest BCUT2D eigenvalue weighted by molar-refractivity contribution is -0.122. The lowest BCUT2D eigenvalue weighted by Crippen LogP contribution is -2.49. The fourth-order valence-electron chi connectivity index (χ4n) is 6.43. The highest BCUT2D eigenvalue weighted by Gasteiger charge is 2.66. The van der Waals surface area contributed by atoms with Crippen molar-refractivity contribution in [3.05, 3.63) is 75.5 Å². The third-order valence-corrected chi connectivity index (χ3v) is 8.65. The highest BCUT2D eigenvalue weighted by molar-refractivity contribution is 6.31. The van der Waals surface area contributed by atoms with E-state index >= 15 is 4.39 Å². The summed E-state index contributed by atoms with van der Waals surface area (Å²) < 4.78 is 28.0. The maximum absolute atomic E-state index is 16.0. The first-order chi connectivity index (χ1) is 20.9. The summed E-state index contributed by atoms with van der Waals surface area (Å²) in [5.41, 5.74) is -1.17. The number of fused-ring (bicyclic) bond motifs is 2. The fourth-order valence-corrected chi connectivity index (χ4v) is 6.79. The summed E-state index contributed by atoms with van der Waals surface area (Å²) in [6, 6.07) is 11.1. The number of nitrogens with one attached hydrogen (secondary N) is 3. The summed E-state index contributed by atoms with van der Waals surface area (Å²) in [6.45, 7) is 11.3. The summed E-state index contributed by atoms with van der Waals surface area (Å²) in [5.74, 6) is -2.16. The molecule has 0 radical (unpaired) electrons. The van der Waals surface area contributed by atoms with Crippen LogP contribution in [-0.2, 0) is 26.8 Å². The Labute approximate surface area is 271 Å². The van der Waals surface area contributed by atoms with Gasteiger partial charge in [-0.3, -0.25) is 9.59 Å². The van der Waals surface area contributed by atoms with Crippen LogP contribution in [0.15, 0.2) is 48.5 Å². The first-order valence-electron chi connectivity index (χ1n) is 14.6. The summed E-state index contributed by atoms with van der Waals surface area (Å²) in [7, 11) is 1.61. The number of carbonyl (C=O) groups excluding carboxylic acids is 3. The Morgan fingerprint density at radius 3 is 2.44 bits per heavy atom. The smallest absolute Gasteiger partial charge is 0.428 e. The van der Waals surface area contributed by atoms with Gasteiger partial charge >= 0.3 is 6.16 Å². The van der Waals surface area contributed by atoms with Gasteiger partial charge in [0.15, 0.2) is 0 Å². The standard InChI is InChI=1S/C33H37Cl2FN4O5/c1-31(2,3)16-22-33(19-12-11-17(34)15-21(19)37-29(33)42)25(18-9-8-10-20(35)26(18)36)27(38-22)28(41)39-23-13-14-24(40(23)7)44-30(43)45-32(4,5)6/h8-15,22,25,27,38H,16H2,1-7H3,(H,37,42)(H,39,41)/t22-,25-,27+,33+/m0/s1. The molecule has 0 bridgehead atoms. The van der Waals surface area contributed by atoms with E-state index in [2.05, 4.69) is 16.0 Å². The molecule has 4 atom stereocenters. The predicted molar refractivity (Wildman–Crippen MR) is 172 cm³/mol. The van der Waals surface area contributed by atoms with Gasteiger partial charge in [0.2, 0.25) is 17.7 Å². The Bertz CT molecular complexity index is 1680. The van der Waals surface area contributed by atoms with Crippen molar-refractivity contribution in [1.82, 2.24) is 9.88 Å². The van der Waals surface area contributed by atoms with Gasteiger partial charge in [0.05, 0.1) is 11.1 Å². The van der Waals surface area contributed by atoms with Crippen LogP contribution in [0.1, 0.15) is 65.0 Å². The van der Waals surface area contributed by atoms with Crippen LogP contribution in [0, 0.1) is 11.2 Å². The number of hydrogen-bond donors (Lipinski definition) is 3. The Balaban J connectivity index is 1.60. The number of nitrogens with zero attached hydrogens (tertiary/aromatic N) is 1. The van der Waals surface area contributed by atoms with Gasteiger partial charge in [0.1, 0.15) is 22.7 Å². The molecule has 1 aromatic heterocycles. The molecule has 240 valence electrons. The molecule has 9 nitrogen and oxygen atoms in total. The summed E-state index contributed by atoms with van der Waals surface area (Å²) in [5, 5.41) is 9.59. The number of hydrogen-bond acceptors (Lipinski definition) is 6. The number of aromatic nitrogens is 1. The maximum atomic E-state index is 16.0. The van der Waals surface area contributed by atoms with Crippen LogP contribution in [0.2, 0.25) is 10.0 Å². The van der Waals surface area contributed by atoms with Crippen LogP contribution < -0.4 is 20.7 Å². The number of rotatable bonds is 5. The lowest BCUT2D eigenvalue weighted by atomic mass is 9.62. The minimum atomic E-state index is -1.39. The van der Waals surface area contributed by atoms with Gasteiger partial charge in [-0.15, -0.1) is 0 Å². The molecule has 1 fully saturated rings. The van der Waals surface area contributed by atoms with E-state index in [4.69, 9.17) is 32.7 Å². The van der Waals surface area contributed by atoms with Crippen molar-refractivity contribution in [2.45, 2.75) is 77.0 Å². The third-order valence-electron chi connectivity index (χ3n) is 8.13. The number of carbonyl (C=O) groups is 3. The van der Waals surface area contributed by atoms with Crippen molar-refractivity contribution >= 4 is 52.7 Å². The molecule has 0 unspecified atom stereocenters. The van der Waals surface area contributed by atoms with E-state index in [-0.39, 0.29) is 27.8 Å². The normalized spacial score (nSPS) is 22.7. The molecule has 2 aliphatic rings. The van der Waals surface area contributed by atoms with Crippen molar-refractivity contribution in [3.63, 3.8) is 0 Å². The first-order valence-corrected chi connectivity index (χ1v) is 15.4. The molecule has 3 heterocycles. The van der Waals surface area contributed by atoms with Crippen molar-refractivity contribution in [2.24, 2.45) is 12.5 Å². The van der Waals surface area contributed by atoms with Gasteiger partial charge in [0, 0.05) is 35.8 Å². The van der Waals surface area contributed by atoms with E-state index in [0.717, 1.165) is 0 Å². The van der Waals surface area contributed by atoms with E-state index in [1.165, 1.54) is 16.7 Å². The van der Waals surface area contributed by atoms with Gasteiger partial charge in [-0.05, 0) is 68.0 Å². The zero-order valence-corrected chi connectivity index (χ0v) is 27.7. The third kappa shape index (κ3) is 6.15. The Hall–Kier alpha value is -3.60. The molecule has 1 saturated heterocycles. The molecule has 3 N–H and O–H groups in total. The van der Waals surface area contributed by atoms with Gasteiger partial charge in [0.25, 0.3) is 0 Å². The molecule has 12 heteroatoms. The Morgan fingerprint density at radius 2 is 1.78 bits per heavy atom. The maximum Gasteiger partial charge on any atom is 0.515 e. The largest absolute Gasteiger partial charge is 0.515 e. The van der Waals surface area contributed by atoms with Crippen LogP contribution in [0.5, 0.6) is 5.88 Å². The monoisotopic (exact) mass is 658 g/mol. The number of anilines is 2. The van der Waals surface area contributed by atoms with E-state index in [1.807, 2.05) is 20.8 Å². The highest BCUT2D eigenvalue weighted by atomic mass is 35.5. The highest BCUT2D eigenvalue weighted by Crippen LogP contribution is 2.57. The number of ether oxygens (including phenoxy) is 2. The minimum absolute atomic E-state index is 0.123. The molecule has 2 aliphatic heterocycles. The number of halogens is 3. The molecule has 0 aliphatic carbocycles. The number of benzene rings is 2. The molecule has 3 aromatic rings. The van der Waals surface area contributed by atoms with Gasteiger partial charge in [-0.25, -0.2) is 9.18 Å². The molecule has 5 rings (SSSR count). The average Bonchev–Trinajstić information content (AvgIpc) is 3.51. The second kappa shape index (κ2) is 11.6. The predicted octanol–water partition coefficient (Wildman–Crippen LogP) is 7.17. The van der Waals surface area contributed by atoms with E-state index in [0.29, 0.717) is 28.5 Å². The van der Waals surface area contributed by atoms with Crippen molar-refractivity contribution in [3.8, 4) is 5.88 Å². The van der Waals surface area contributed by atoms with Crippen molar-refractivity contribution in [1.29, 1.82) is 0 Å². The molecule has 1 spiro atoms. The Morgan fingerprint density at radius 1 is 1.07 bits per heavy atom. The summed E-state index contributed by atoms with van der Waals surface area (Å²) in [4.78, 5) is 40.8. The quantitative estimate of drug-likeness (QED) is 0.251. The molecule has 45 heavy (non-hydrogen) atoms. The zero-order valence-electron chi connectivity index (χ0n) is 26.2. The second-order valence-corrected chi connectivity index (χ2v) is 14.6. The van der Waals surface area contributed by atoms with Crippen LogP contribution in [-0.4, -0.2) is 40.2 Å². The molecule has 2 aromatic carbocycles. The van der Waals surface area contributed by atoms with E-state index in [9.17, 15) is 14.4 Å². The average molecular weight is 660 g/mol. The van der Waals surface area contributed by atoms with Gasteiger partial charge in [-0.2, -0.15) is 0 Å². The minimum Gasteiger partial charge on any atom is -0.428 e. The number of amides is 2. The van der Waals surface area contributed by atoms with Crippen molar-refractivity contribution < 1.29 is 28.2 Å². The van der Waals surface area contributed by atoms with Crippen LogP contribution in [0.25, 0.3) is 0 Å². The van der Waals surface area contributed by atoms with Crippen LogP contribution in [0.4, 0.5) is 20.7 Å².